The molecule has 2 heterocycles. The van der Waals surface area contributed by atoms with Crippen LogP contribution in [0.2, 0.25) is 5.02 Å². The molecule has 0 aliphatic carbocycles. The van der Waals surface area contributed by atoms with Gasteiger partial charge in [-0.05, 0) is 61.0 Å². The number of benzene rings is 2. The van der Waals surface area contributed by atoms with E-state index < -0.39 is 6.09 Å². The van der Waals surface area contributed by atoms with Crippen molar-refractivity contribution in [3.05, 3.63) is 47.0 Å². The molecule has 0 unspecified atom stereocenters. The molecule has 1 saturated heterocycles. The quantitative estimate of drug-likeness (QED) is 0.434. The fourth-order valence-electron chi connectivity index (χ4n) is 4.02. The Hall–Kier alpha value is -3.06. The van der Waals surface area contributed by atoms with Crippen molar-refractivity contribution in [2.24, 2.45) is 5.92 Å². The van der Waals surface area contributed by atoms with Gasteiger partial charge in [0.25, 0.3) is 0 Å². The van der Waals surface area contributed by atoms with Crippen LogP contribution in [0.5, 0.6) is 0 Å². The second-order valence-electron chi connectivity index (χ2n) is 8.14. The maximum Gasteiger partial charge on any atom is 0.435 e. The second kappa shape index (κ2) is 11.6. The van der Waals surface area contributed by atoms with E-state index in [1.807, 2.05) is 13.0 Å². The van der Waals surface area contributed by atoms with Gasteiger partial charge in [-0.25, -0.2) is 4.79 Å². The molecule has 2 aromatic carbocycles. The lowest BCUT2D eigenvalue weighted by Crippen LogP contribution is -2.37. The van der Waals surface area contributed by atoms with Crippen molar-refractivity contribution in [2.75, 3.05) is 36.5 Å². The number of rotatable bonds is 7. The number of piperidine rings is 1. The van der Waals surface area contributed by atoms with Gasteiger partial charge in [0.05, 0.1) is 23.1 Å². The molecule has 1 fully saturated rings. The molecule has 0 spiro atoms. The Balaban J connectivity index is 1.72. The molecule has 1 amide bonds. The molecular formula is C25H26ClN5O3S. The van der Waals surface area contributed by atoms with Gasteiger partial charge in [0.15, 0.2) is 5.82 Å². The number of carbonyl (C=O) groups is 2. The Labute approximate surface area is 213 Å². The van der Waals surface area contributed by atoms with Crippen LogP contribution in [0, 0.1) is 17.2 Å². The molecule has 10 heteroatoms. The summed E-state index contributed by atoms with van der Waals surface area (Å²) in [5.41, 5.74) is 2.40. The Morgan fingerprint density at radius 3 is 2.94 bits per heavy atom. The third-order valence-electron chi connectivity index (χ3n) is 5.83. The molecule has 1 atom stereocenters. The minimum absolute atomic E-state index is 0.147. The third-order valence-corrected chi connectivity index (χ3v) is 7.02. The van der Waals surface area contributed by atoms with Gasteiger partial charge in [0.1, 0.15) is 6.61 Å². The maximum absolute atomic E-state index is 13.0. The van der Waals surface area contributed by atoms with Crippen LogP contribution in [0.25, 0.3) is 22.0 Å². The van der Waals surface area contributed by atoms with Gasteiger partial charge in [-0.15, -0.1) is 5.10 Å². The maximum atomic E-state index is 13.0. The number of thioether (sulfide) groups is 1. The number of nitriles is 1. The molecule has 4 rings (SSSR count). The summed E-state index contributed by atoms with van der Waals surface area (Å²) in [5, 5.41) is 20.9. The number of ether oxygens (including phenoxy) is 1. The number of aromatic nitrogens is 2. The summed E-state index contributed by atoms with van der Waals surface area (Å²) >= 11 is 8.10. The van der Waals surface area contributed by atoms with E-state index in [4.69, 9.17) is 16.3 Å². The average molecular weight is 512 g/mol. The SMILES string of the molecule is CCSCCOC(=O)n1nc(NC(=O)[C@@H]2CCCNC2)c2cc(-c3cc(C#N)ccc3Cl)ccc21. The number of halogens is 1. The molecule has 0 saturated carbocycles. The van der Waals surface area contributed by atoms with E-state index in [1.54, 1.807) is 42.1 Å². The van der Waals surface area contributed by atoms with Crippen molar-refractivity contribution in [1.82, 2.24) is 15.1 Å². The van der Waals surface area contributed by atoms with Crippen LogP contribution < -0.4 is 10.6 Å². The molecule has 1 aliphatic rings. The van der Waals surface area contributed by atoms with Crippen LogP contribution >= 0.6 is 23.4 Å². The van der Waals surface area contributed by atoms with Crippen molar-refractivity contribution in [2.45, 2.75) is 19.8 Å². The van der Waals surface area contributed by atoms with Crippen molar-refractivity contribution in [3.8, 4) is 17.2 Å². The van der Waals surface area contributed by atoms with Gasteiger partial charge in [-0.3, -0.25) is 4.79 Å². The highest BCUT2D eigenvalue weighted by atomic mass is 35.5. The Morgan fingerprint density at radius 1 is 1.34 bits per heavy atom. The number of nitrogens with zero attached hydrogens (tertiary/aromatic N) is 3. The largest absolute Gasteiger partial charge is 0.447 e. The lowest BCUT2D eigenvalue weighted by atomic mass is 9.98. The minimum Gasteiger partial charge on any atom is -0.447 e. The summed E-state index contributed by atoms with van der Waals surface area (Å²) in [6.45, 7) is 3.81. The molecule has 1 aliphatic heterocycles. The third kappa shape index (κ3) is 5.78. The molecular weight excluding hydrogens is 486 g/mol. The van der Waals surface area contributed by atoms with E-state index in [0.29, 0.717) is 39.4 Å². The molecule has 3 aromatic rings. The van der Waals surface area contributed by atoms with E-state index in [9.17, 15) is 14.9 Å². The van der Waals surface area contributed by atoms with Crippen LogP contribution in [0.4, 0.5) is 10.6 Å². The van der Waals surface area contributed by atoms with Crippen molar-refractivity contribution < 1.29 is 14.3 Å². The zero-order chi connectivity index (χ0) is 24.8. The number of hydrogen-bond donors (Lipinski definition) is 2. The first-order valence-electron chi connectivity index (χ1n) is 11.5. The monoisotopic (exact) mass is 511 g/mol. The number of anilines is 1. The van der Waals surface area contributed by atoms with Crippen molar-refractivity contribution in [1.29, 1.82) is 5.26 Å². The molecule has 0 bridgehead atoms. The molecule has 8 nitrogen and oxygen atoms in total. The van der Waals surface area contributed by atoms with E-state index in [0.717, 1.165) is 30.7 Å². The van der Waals surface area contributed by atoms with Crippen molar-refractivity contribution in [3.63, 3.8) is 0 Å². The van der Waals surface area contributed by atoms with Gasteiger partial charge in [0.2, 0.25) is 5.91 Å². The fourth-order valence-corrected chi connectivity index (χ4v) is 4.74. The number of hydrogen-bond acceptors (Lipinski definition) is 7. The van der Waals surface area contributed by atoms with Crippen LogP contribution in [0.3, 0.4) is 0 Å². The second-order valence-corrected chi connectivity index (χ2v) is 9.94. The van der Waals surface area contributed by atoms with Crippen molar-refractivity contribution >= 4 is 52.1 Å². The first-order chi connectivity index (χ1) is 17.0. The van der Waals surface area contributed by atoms with Crippen LogP contribution in [-0.4, -0.2) is 53.0 Å². The first-order valence-corrected chi connectivity index (χ1v) is 13.0. The zero-order valence-corrected chi connectivity index (χ0v) is 20.9. The Kier molecular flexibility index (Phi) is 8.29. The van der Waals surface area contributed by atoms with Gasteiger partial charge < -0.3 is 15.4 Å². The summed E-state index contributed by atoms with van der Waals surface area (Å²) in [6, 6.07) is 12.5. The molecule has 182 valence electrons. The highest BCUT2D eigenvalue weighted by molar-refractivity contribution is 7.99. The van der Waals surface area contributed by atoms with E-state index in [-0.39, 0.29) is 24.2 Å². The molecule has 2 N–H and O–H groups in total. The summed E-state index contributed by atoms with van der Waals surface area (Å²) < 4.78 is 6.58. The summed E-state index contributed by atoms with van der Waals surface area (Å²) in [4.78, 5) is 25.8. The lowest BCUT2D eigenvalue weighted by Gasteiger charge is -2.21. The van der Waals surface area contributed by atoms with Gasteiger partial charge in [-0.2, -0.15) is 21.7 Å². The normalized spacial score (nSPS) is 15.5. The summed E-state index contributed by atoms with van der Waals surface area (Å²) in [5.74, 6) is 1.59. The van der Waals surface area contributed by atoms with E-state index in [1.165, 1.54) is 4.68 Å². The van der Waals surface area contributed by atoms with E-state index >= 15 is 0 Å². The van der Waals surface area contributed by atoms with Gasteiger partial charge >= 0.3 is 6.09 Å². The predicted molar refractivity (Wildman–Crippen MR) is 139 cm³/mol. The smallest absolute Gasteiger partial charge is 0.435 e. The first kappa shape index (κ1) is 25.0. The Morgan fingerprint density at radius 2 is 2.20 bits per heavy atom. The zero-order valence-electron chi connectivity index (χ0n) is 19.3. The van der Waals surface area contributed by atoms with Crippen LogP contribution in [0.15, 0.2) is 36.4 Å². The average Bonchev–Trinajstić information content (AvgIpc) is 3.25. The molecule has 1 aromatic heterocycles. The summed E-state index contributed by atoms with van der Waals surface area (Å²) in [6.07, 6.45) is 1.10. The van der Waals surface area contributed by atoms with Gasteiger partial charge in [0, 0.05) is 28.3 Å². The topological polar surface area (TPSA) is 109 Å². The number of carbonyl (C=O) groups excluding carboxylic acids is 2. The number of amides is 1. The summed E-state index contributed by atoms with van der Waals surface area (Å²) in [7, 11) is 0. The highest BCUT2D eigenvalue weighted by Crippen LogP contribution is 2.34. The van der Waals surface area contributed by atoms with Gasteiger partial charge in [-0.1, -0.05) is 24.6 Å². The number of nitrogens with one attached hydrogen (secondary N) is 2. The van der Waals surface area contributed by atoms with Crippen LogP contribution in [-0.2, 0) is 9.53 Å². The predicted octanol–water partition coefficient (Wildman–Crippen LogP) is 4.90. The number of fused-ring (bicyclic) bond motifs is 1. The Bertz CT molecular complexity index is 1280. The molecule has 0 radical (unpaired) electrons. The highest BCUT2D eigenvalue weighted by Gasteiger charge is 2.24. The molecule has 35 heavy (non-hydrogen) atoms. The lowest BCUT2D eigenvalue weighted by molar-refractivity contribution is -0.120. The van der Waals surface area contributed by atoms with Crippen LogP contribution in [0.1, 0.15) is 25.3 Å². The fraction of sp³-hybridized carbons (Fsp3) is 0.360. The van der Waals surface area contributed by atoms with E-state index in [2.05, 4.69) is 21.8 Å². The standard InChI is InChI=1S/C25H26ClN5O3S/c1-2-35-11-10-34-25(33)31-22-8-6-17(19-12-16(14-27)5-7-21(19)26)13-20(22)23(30-31)29-24(32)18-4-3-9-28-15-18/h5-8,12-13,18,28H,2-4,9-11,15H2,1H3,(H,29,30,32)/t18-/m1/s1. The minimum atomic E-state index is -0.608.